The number of nitrogens with one attached hydrogen (secondary N) is 1. The molecule has 120 valence electrons. The topological polar surface area (TPSA) is 81.7 Å². The minimum Gasteiger partial charge on any atom is -0.464 e. The van der Waals surface area contributed by atoms with E-state index in [-0.39, 0.29) is 12.5 Å². The van der Waals surface area contributed by atoms with Gasteiger partial charge in [0.2, 0.25) is 0 Å². The molecule has 1 aromatic carbocycles. The Morgan fingerprint density at radius 3 is 2.32 bits per heavy atom. The summed E-state index contributed by atoms with van der Waals surface area (Å²) in [6.45, 7) is 5.27. The van der Waals surface area contributed by atoms with Gasteiger partial charge in [-0.25, -0.2) is 9.59 Å². The Morgan fingerprint density at radius 1 is 1.14 bits per heavy atom. The lowest BCUT2D eigenvalue weighted by molar-refractivity contribution is -0.149. The monoisotopic (exact) mass is 307 g/mol. The molecular weight excluding hydrogens is 286 g/mol. The van der Waals surface area contributed by atoms with Crippen molar-refractivity contribution in [2.75, 3.05) is 6.61 Å². The van der Waals surface area contributed by atoms with Crippen LogP contribution < -0.4 is 10.1 Å². The van der Waals surface area contributed by atoms with Crippen LogP contribution >= 0.6 is 0 Å². The smallest absolute Gasteiger partial charge is 0.413 e. The number of benzene rings is 1. The van der Waals surface area contributed by atoms with E-state index in [1.165, 1.54) is 0 Å². The molecule has 1 aromatic rings. The molecule has 0 saturated heterocycles. The molecule has 1 N–H and O–H groups in total. The van der Waals surface area contributed by atoms with Gasteiger partial charge < -0.3 is 14.8 Å². The minimum absolute atomic E-state index is 0.124. The quantitative estimate of drug-likeness (QED) is 0.617. The molecule has 0 saturated carbocycles. The van der Waals surface area contributed by atoms with E-state index in [9.17, 15) is 14.4 Å². The van der Waals surface area contributed by atoms with Gasteiger partial charge in [-0.15, -0.1) is 0 Å². The van der Waals surface area contributed by atoms with Gasteiger partial charge in [0, 0.05) is 5.92 Å². The average Bonchev–Trinajstić information content (AvgIpc) is 2.52. The van der Waals surface area contributed by atoms with Crippen LogP contribution in [0.25, 0.3) is 0 Å². The maximum Gasteiger partial charge on any atom is 0.413 e. The summed E-state index contributed by atoms with van der Waals surface area (Å²) in [6, 6.07) is 7.01. The van der Waals surface area contributed by atoms with Crippen molar-refractivity contribution in [1.82, 2.24) is 5.32 Å². The molecule has 0 aromatic heterocycles. The van der Waals surface area contributed by atoms with Crippen molar-refractivity contribution >= 4 is 17.8 Å². The van der Waals surface area contributed by atoms with E-state index in [1.807, 2.05) is 6.92 Å². The summed E-state index contributed by atoms with van der Waals surface area (Å²) in [5.41, 5.74) is 0. The molecule has 22 heavy (non-hydrogen) atoms. The largest absolute Gasteiger partial charge is 0.464 e. The van der Waals surface area contributed by atoms with E-state index in [0.29, 0.717) is 12.2 Å². The maximum atomic E-state index is 12.2. The molecule has 1 rings (SSSR count). The lowest BCUT2D eigenvalue weighted by Crippen LogP contribution is -2.50. The molecule has 0 bridgehead atoms. The van der Waals surface area contributed by atoms with Gasteiger partial charge in [-0.05, 0) is 25.5 Å². The highest BCUT2D eigenvalue weighted by Gasteiger charge is 2.32. The second-order valence-corrected chi connectivity index (χ2v) is 4.74. The number of hydrogen-bond donors (Lipinski definition) is 1. The van der Waals surface area contributed by atoms with Crippen LogP contribution in [0.15, 0.2) is 30.3 Å². The lowest BCUT2D eigenvalue weighted by Gasteiger charge is -2.18. The molecule has 0 radical (unpaired) electrons. The third kappa shape index (κ3) is 5.20. The predicted octanol–water partition coefficient (Wildman–Crippen LogP) is 2.32. The van der Waals surface area contributed by atoms with Crippen LogP contribution in [0.4, 0.5) is 4.79 Å². The standard InChI is InChI=1S/C16H21NO5/c1-4-11(3)14(18)13(15(19)21-5-2)17-16(20)22-12-9-7-6-8-10-12/h6-11,13H,4-5H2,1-3H3,(H,17,20). The Labute approximate surface area is 129 Å². The van der Waals surface area contributed by atoms with Crippen LogP contribution in [0.3, 0.4) is 0 Å². The third-order valence-electron chi connectivity index (χ3n) is 3.12. The molecule has 2 unspecified atom stereocenters. The van der Waals surface area contributed by atoms with Gasteiger partial charge in [-0.1, -0.05) is 32.0 Å². The number of rotatable bonds is 7. The van der Waals surface area contributed by atoms with Crippen molar-refractivity contribution in [3.63, 3.8) is 0 Å². The summed E-state index contributed by atoms with van der Waals surface area (Å²) >= 11 is 0. The first kappa shape index (κ1) is 17.7. The summed E-state index contributed by atoms with van der Waals surface area (Å²) in [5.74, 6) is -1.23. The van der Waals surface area contributed by atoms with Crippen LogP contribution in [0.2, 0.25) is 0 Å². The van der Waals surface area contributed by atoms with Crippen molar-refractivity contribution in [1.29, 1.82) is 0 Å². The van der Waals surface area contributed by atoms with Crippen molar-refractivity contribution in [2.45, 2.75) is 33.2 Å². The van der Waals surface area contributed by atoms with E-state index in [2.05, 4.69) is 5.32 Å². The molecule has 1 amide bonds. The summed E-state index contributed by atoms with van der Waals surface area (Å²) < 4.78 is 9.87. The van der Waals surface area contributed by atoms with Crippen LogP contribution in [0.5, 0.6) is 5.75 Å². The van der Waals surface area contributed by atoms with Crippen molar-refractivity contribution in [2.24, 2.45) is 5.92 Å². The number of hydrogen-bond acceptors (Lipinski definition) is 5. The zero-order chi connectivity index (χ0) is 16.5. The summed E-state index contributed by atoms with van der Waals surface area (Å²) in [6.07, 6.45) is -0.314. The Balaban J connectivity index is 2.77. The number of esters is 1. The van der Waals surface area contributed by atoms with E-state index in [0.717, 1.165) is 0 Å². The zero-order valence-electron chi connectivity index (χ0n) is 13.0. The molecular formula is C16H21NO5. The molecule has 0 aliphatic rings. The number of carbonyl (C=O) groups is 3. The minimum atomic E-state index is -1.36. The van der Waals surface area contributed by atoms with E-state index in [1.54, 1.807) is 44.2 Å². The molecule has 0 aliphatic carbocycles. The number of para-hydroxylation sites is 1. The molecule has 2 atom stereocenters. The summed E-state index contributed by atoms with van der Waals surface area (Å²) in [5, 5.41) is 2.28. The van der Waals surface area contributed by atoms with E-state index in [4.69, 9.17) is 9.47 Å². The molecule has 0 heterocycles. The fourth-order valence-electron chi connectivity index (χ4n) is 1.70. The van der Waals surface area contributed by atoms with E-state index >= 15 is 0 Å². The van der Waals surface area contributed by atoms with Crippen LogP contribution in [0.1, 0.15) is 27.2 Å². The predicted molar refractivity (Wildman–Crippen MR) is 80.5 cm³/mol. The number of carbonyl (C=O) groups excluding carboxylic acids is 3. The SMILES string of the molecule is CCOC(=O)C(NC(=O)Oc1ccccc1)C(=O)C(C)CC. The fourth-order valence-corrected chi connectivity index (χ4v) is 1.70. The second-order valence-electron chi connectivity index (χ2n) is 4.74. The fraction of sp³-hybridized carbons (Fsp3) is 0.438. The first-order chi connectivity index (χ1) is 10.5. The number of ketones is 1. The third-order valence-corrected chi connectivity index (χ3v) is 3.12. The maximum absolute atomic E-state index is 12.2. The first-order valence-corrected chi connectivity index (χ1v) is 7.23. The van der Waals surface area contributed by atoms with Gasteiger partial charge in [0.1, 0.15) is 5.75 Å². The second kappa shape index (κ2) is 8.81. The molecule has 0 spiro atoms. The van der Waals surface area contributed by atoms with Crippen LogP contribution in [-0.2, 0) is 14.3 Å². The average molecular weight is 307 g/mol. The van der Waals surface area contributed by atoms with E-state index < -0.39 is 23.9 Å². The van der Waals surface area contributed by atoms with Gasteiger partial charge in [-0.3, -0.25) is 4.79 Å². The van der Waals surface area contributed by atoms with Crippen molar-refractivity contribution in [3.05, 3.63) is 30.3 Å². The summed E-state index contributed by atoms with van der Waals surface area (Å²) in [7, 11) is 0. The Morgan fingerprint density at radius 2 is 1.77 bits per heavy atom. The first-order valence-electron chi connectivity index (χ1n) is 7.23. The Bertz CT molecular complexity index is 515. The molecule has 6 heteroatoms. The highest BCUT2D eigenvalue weighted by atomic mass is 16.6. The van der Waals surface area contributed by atoms with Crippen LogP contribution in [0, 0.1) is 5.92 Å². The zero-order valence-corrected chi connectivity index (χ0v) is 13.0. The van der Waals surface area contributed by atoms with Crippen molar-refractivity contribution in [3.8, 4) is 5.75 Å². The number of Topliss-reactive ketones (excluding diaryl/α,β-unsaturated/α-hetero) is 1. The van der Waals surface area contributed by atoms with Gasteiger partial charge in [-0.2, -0.15) is 0 Å². The van der Waals surface area contributed by atoms with Gasteiger partial charge in [0.25, 0.3) is 0 Å². The van der Waals surface area contributed by atoms with Crippen LogP contribution in [-0.4, -0.2) is 30.5 Å². The highest BCUT2D eigenvalue weighted by Crippen LogP contribution is 2.10. The van der Waals surface area contributed by atoms with Crippen molar-refractivity contribution < 1.29 is 23.9 Å². The number of ether oxygens (including phenoxy) is 2. The Kier molecular flexibility index (Phi) is 7.08. The molecule has 0 fully saturated rings. The Hall–Kier alpha value is -2.37. The summed E-state index contributed by atoms with van der Waals surface area (Å²) in [4.78, 5) is 35.9. The normalized spacial score (nSPS) is 12.9. The molecule has 0 aliphatic heterocycles. The van der Waals surface area contributed by atoms with Gasteiger partial charge in [0.15, 0.2) is 11.8 Å². The number of amides is 1. The van der Waals surface area contributed by atoms with Gasteiger partial charge >= 0.3 is 12.1 Å². The lowest BCUT2D eigenvalue weighted by atomic mass is 9.97. The highest BCUT2D eigenvalue weighted by molar-refractivity contribution is 6.06. The van der Waals surface area contributed by atoms with Gasteiger partial charge in [0.05, 0.1) is 6.61 Å². The molecule has 6 nitrogen and oxygen atoms in total.